The predicted molar refractivity (Wildman–Crippen MR) is 78.1 cm³/mol. The van der Waals surface area contributed by atoms with Gasteiger partial charge in [0.25, 0.3) is 0 Å². The lowest BCUT2D eigenvalue weighted by Crippen LogP contribution is -2.19. The molecule has 2 heterocycles. The molecule has 0 bridgehead atoms. The molecular weight excluding hydrogens is 252 g/mol. The lowest BCUT2D eigenvalue weighted by Gasteiger charge is -2.22. The molecule has 5 heteroatoms. The molecule has 0 aliphatic rings. The van der Waals surface area contributed by atoms with Crippen LogP contribution >= 0.6 is 0 Å². The topological polar surface area (TPSA) is 77.8 Å². The number of hydrogen-bond donors (Lipinski definition) is 1. The Balaban J connectivity index is 2.23. The van der Waals surface area contributed by atoms with Crippen molar-refractivity contribution in [3.8, 4) is 11.5 Å². The number of aryl methyl sites for hydroxylation is 1. The second-order valence-electron chi connectivity index (χ2n) is 6.32. The minimum absolute atomic E-state index is 0.0843. The molecule has 5 nitrogen and oxygen atoms in total. The lowest BCUT2D eigenvalue weighted by atomic mass is 9.84. The monoisotopic (exact) mass is 274 g/mol. The molecule has 2 N–H and O–H groups in total. The van der Waals surface area contributed by atoms with Gasteiger partial charge in [-0.15, -0.1) is 0 Å². The molecule has 1 unspecified atom stereocenters. The molecule has 0 aliphatic carbocycles. The number of rotatable bonds is 4. The van der Waals surface area contributed by atoms with Crippen molar-refractivity contribution >= 4 is 0 Å². The van der Waals surface area contributed by atoms with Crippen molar-refractivity contribution < 1.29 is 4.52 Å². The molecule has 2 aromatic heterocycles. The summed E-state index contributed by atoms with van der Waals surface area (Å²) in [5.41, 5.74) is 7.67. The van der Waals surface area contributed by atoms with Crippen LogP contribution in [0.1, 0.15) is 44.7 Å². The van der Waals surface area contributed by atoms with E-state index in [9.17, 15) is 0 Å². The SMILES string of the molecule is Cc1cccc(-c2noc(C(CN)CC(C)(C)C)n2)n1. The standard InChI is InChI=1S/C15H22N4O/c1-10-6-5-7-12(17-10)13-18-14(20-19-13)11(9-16)8-15(2,3)4/h5-7,11H,8-9,16H2,1-4H3. The van der Waals surface area contributed by atoms with Gasteiger partial charge in [-0.25, -0.2) is 4.98 Å². The molecule has 0 spiro atoms. The molecule has 20 heavy (non-hydrogen) atoms. The summed E-state index contributed by atoms with van der Waals surface area (Å²) < 4.78 is 5.38. The first-order valence-corrected chi connectivity index (χ1v) is 6.87. The van der Waals surface area contributed by atoms with Gasteiger partial charge in [0.1, 0.15) is 5.69 Å². The highest BCUT2D eigenvalue weighted by molar-refractivity contribution is 5.48. The van der Waals surface area contributed by atoms with E-state index in [1.54, 1.807) is 0 Å². The summed E-state index contributed by atoms with van der Waals surface area (Å²) in [5.74, 6) is 1.21. The van der Waals surface area contributed by atoms with E-state index < -0.39 is 0 Å². The van der Waals surface area contributed by atoms with Crippen molar-refractivity contribution in [2.24, 2.45) is 11.1 Å². The maximum atomic E-state index is 5.84. The number of pyridine rings is 1. The average Bonchev–Trinajstić information content (AvgIpc) is 2.84. The Morgan fingerprint density at radius 1 is 1.25 bits per heavy atom. The van der Waals surface area contributed by atoms with Gasteiger partial charge in [-0.1, -0.05) is 32.0 Å². The molecule has 0 amide bonds. The van der Waals surface area contributed by atoms with Crippen molar-refractivity contribution in [2.75, 3.05) is 6.54 Å². The molecule has 0 aromatic carbocycles. The van der Waals surface area contributed by atoms with Gasteiger partial charge in [0.05, 0.1) is 5.92 Å². The van der Waals surface area contributed by atoms with E-state index in [0.29, 0.717) is 18.3 Å². The summed E-state index contributed by atoms with van der Waals surface area (Å²) in [6.45, 7) is 8.96. The van der Waals surface area contributed by atoms with Crippen LogP contribution in [0, 0.1) is 12.3 Å². The average molecular weight is 274 g/mol. The first-order valence-electron chi connectivity index (χ1n) is 6.87. The number of aromatic nitrogens is 3. The third-order valence-corrected chi connectivity index (χ3v) is 3.05. The second-order valence-corrected chi connectivity index (χ2v) is 6.32. The van der Waals surface area contributed by atoms with Gasteiger partial charge in [0, 0.05) is 12.2 Å². The molecule has 0 aliphatic heterocycles. The molecule has 0 saturated carbocycles. The smallest absolute Gasteiger partial charge is 0.231 e. The van der Waals surface area contributed by atoms with E-state index in [2.05, 4.69) is 35.9 Å². The van der Waals surface area contributed by atoms with Gasteiger partial charge in [-0.05, 0) is 30.9 Å². The highest BCUT2D eigenvalue weighted by atomic mass is 16.5. The van der Waals surface area contributed by atoms with E-state index in [4.69, 9.17) is 10.3 Å². The first-order chi connectivity index (χ1) is 9.39. The quantitative estimate of drug-likeness (QED) is 0.927. The first kappa shape index (κ1) is 14.7. The van der Waals surface area contributed by atoms with Crippen LogP contribution in [0.15, 0.2) is 22.7 Å². The fourth-order valence-corrected chi connectivity index (χ4v) is 2.18. The predicted octanol–water partition coefficient (Wildman–Crippen LogP) is 2.92. The van der Waals surface area contributed by atoms with E-state index in [0.717, 1.165) is 17.8 Å². The highest BCUT2D eigenvalue weighted by Crippen LogP contribution is 2.30. The van der Waals surface area contributed by atoms with Crippen LogP contribution in [0.4, 0.5) is 0 Å². The Morgan fingerprint density at radius 3 is 2.60 bits per heavy atom. The summed E-state index contributed by atoms with van der Waals surface area (Å²) in [6.07, 6.45) is 0.909. The van der Waals surface area contributed by atoms with Gasteiger partial charge < -0.3 is 10.3 Å². The lowest BCUT2D eigenvalue weighted by molar-refractivity contribution is 0.287. The molecule has 0 fully saturated rings. The highest BCUT2D eigenvalue weighted by Gasteiger charge is 2.24. The number of hydrogen-bond acceptors (Lipinski definition) is 5. The van der Waals surface area contributed by atoms with Gasteiger partial charge in [-0.2, -0.15) is 4.98 Å². The number of nitrogens with two attached hydrogens (primary N) is 1. The third kappa shape index (κ3) is 3.63. The van der Waals surface area contributed by atoms with Crippen LogP contribution in [-0.2, 0) is 0 Å². The Morgan fingerprint density at radius 2 is 2.00 bits per heavy atom. The fraction of sp³-hybridized carbons (Fsp3) is 0.533. The summed E-state index contributed by atoms with van der Waals surface area (Å²) in [5, 5.41) is 4.02. The van der Waals surface area contributed by atoms with Crippen molar-refractivity contribution in [1.82, 2.24) is 15.1 Å². The van der Waals surface area contributed by atoms with E-state index in [1.807, 2.05) is 25.1 Å². The largest absolute Gasteiger partial charge is 0.339 e. The van der Waals surface area contributed by atoms with Crippen LogP contribution in [-0.4, -0.2) is 21.7 Å². The van der Waals surface area contributed by atoms with Crippen LogP contribution < -0.4 is 5.73 Å². The third-order valence-electron chi connectivity index (χ3n) is 3.05. The normalized spacial score (nSPS) is 13.4. The second kappa shape index (κ2) is 5.71. The van der Waals surface area contributed by atoms with Gasteiger partial charge >= 0.3 is 0 Å². The summed E-state index contributed by atoms with van der Waals surface area (Å²) in [7, 11) is 0. The molecule has 2 aromatic rings. The molecule has 1 atom stereocenters. The van der Waals surface area contributed by atoms with E-state index >= 15 is 0 Å². The minimum Gasteiger partial charge on any atom is -0.339 e. The summed E-state index contributed by atoms with van der Waals surface area (Å²) >= 11 is 0. The van der Waals surface area contributed by atoms with Crippen molar-refractivity contribution in [3.63, 3.8) is 0 Å². The Labute approximate surface area is 119 Å². The van der Waals surface area contributed by atoms with Crippen LogP contribution in [0.3, 0.4) is 0 Å². The van der Waals surface area contributed by atoms with E-state index in [-0.39, 0.29) is 11.3 Å². The van der Waals surface area contributed by atoms with E-state index in [1.165, 1.54) is 0 Å². The van der Waals surface area contributed by atoms with Crippen molar-refractivity contribution in [2.45, 2.75) is 40.0 Å². The number of nitrogens with zero attached hydrogens (tertiary/aromatic N) is 3. The van der Waals surface area contributed by atoms with Crippen molar-refractivity contribution in [3.05, 3.63) is 29.8 Å². The minimum atomic E-state index is 0.0843. The maximum Gasteiger partial charge on any atom is 0.231 e. The fourth-order valence-electron chi connectivity index (χ4n) is 2.18. The summed E-state index contributed by atoms with van der Waals surface area (Å²) in [6, 6.07) is 5.75. The maximum absolute atomic E-state index is 5.84. The zero-order chi connectivity index (χ0) is 14.8. The zero-order valence-corrected chi connectivity index (χ0v) is 12.6. The molecular formula is C15H22N4O. The van der Waals surface area contributed by atoms with Gasteiger partial charge in [0.2, 0.25) is 11.7 Å². The van der Waals surface area contributed by atoms with Gasteiger partial charge in [-0.3, -0.25) is 0 Å². The zero-order valence-electron chi connectivity index (χ0n) is 12.6. The molecule has 108 valence electrons. The van der Waals surface area contributed by atoms with Crippen molar-refractivity contribution in [1.29, 1.82) is 0 Å². The van der Waals surface area contributed by atoms with Crippen LogP contribution in [0.2, 0.25) is 0 Å². The summed E-state index contributed by atoms with van der Waals surface area (Å²) in [4.78, 5) is 8.86. The van der Waals surface area contributed by atoms with Crippen LogP contribution in [0.5, 0.6) is 0 Å². The van der Waals surface area contributed by atoms with Crippen LogP contribution in [0.25, 0.3) is 11.5 Å². The molecule has 2 rings (SSSR count). The Hall–Kier alpha value is -1.75. The Kier molecular flexibility index (Phi) is 4.18. The molecule has 0 saturated heterocycles. The van der Waals surface area contributed by atoms with Gasteiger partial charge in [0.15, 0.2) is 0 Å². The Bertz CT molecular complexity index is 571. The molecule has 0 radical (unpaired) electrons.